The van der Waals surface area contributed by atoms with Crippen LogP contribution in [-0.4, -0.2) is 11.1 Å². The van der Waals surface area contributed by atoms with Crippen LogP contribution in [0.15, 0.2) is 12.1 Å². The number of hydrogen-bond donors (Lipinski definition) is 1. The molecule has 1 saturated carbocycles. The van der Waals surface area contributed by atoms with Crippen LogP contribution in [0.5, 0.6) is 0 Å². The van der Waals surface area contributed by atoms with E-state index in [1.807, 2.05) is 0 Å². The normalized spacial score (nSPS) is 18.6. The molecule has 1 aliphatic rings. The first-order chi connectivity index (χ1) is 8.47. The number of carbonyl (C=O) groups is 1. The Balaban J connectivity index is 2.52. The quantitative estimate of drug-likeness (QED) is 0.876. The highest BCUT2D eigenvalue weighted by Gasteiger charge is 2.41. The number of halogens is 2. The molecule has 0 spiro atoms. The largest absolute Gasteiger partial charge is 0.481 e. The summed E-state index contributed by atoms with van der Waals surface area (Å²) in [5.74, 6) is -2.79. The molecule has 0 radical (unpaired) electrons. The standard InChI is InChI=1S/C14H16F2O2/c1-9-7-10(8-11(15)12(9)16)14(13(17)18)5-3-2-4-6-14/h7-8H,2-6H2,1H3,(H,17,18). The lowest BCUT2D eigenvalue weighted by atomic mass is 9.69. The molecule has 1 aromatic carbocycles. The van der Waals surface area contributed by atoms with Crippen molar-refractivity contribution in [3.63, 3.8) is 0 Å². The second kappa shape index (κ2) is 4.67. The second-order valence-corrected chi connectivity index (χ2v) is 5.04. The molecule has 2 rings (SSSR count). The maximum absolute atomic E-state index is 13.5. The highest BCUT2D eigenvalue weighted by molar-refractivity contribution is 5.81. The fourth-order valence-corrected chi connectivity index (χ4v) is 2.78. The lowest BCUT2D eigenvalue weighted by molar-refractivity contribution is -0.145. The molecule has 0 aromatic heterocycles. The van der Waals surface area contributed by atoms with Crippen LogP contribution in [0.2, 0.25) is 0 Å². The summed E-state index contributed by atoms with van der Waals surface area (Å²) in [4.78, 5) is 11.6. The number of hydrogen-bond acceptors (Lipinski definition) is 1. The van der Waals surface area contributed by atoms with Crippen molar-refractivity contribution in [2.45, 2.75) is 44.4 Å². The number of rotatable bonds is 2. The fraction of sp³-hybridized carbons (Fsp3) is 0.500. The highest BCUT2D eigenvalue weighted by atomic mass is 19.2. The third-order valence-electron chi connectivity index (χ3n) is 3.88. The maximum atomic E-state index is 13.5. The lowest BCUT2D eigenvalue weighted by Gasteiger charge is -2.33. The molecule has 1 N–H and O–H groups in total. The van der Waals surface area contributed by atoms with Gasteiger partial charge in [0.05, 0.1) is 5.41 Å². The van der Waals surface area contributed by atoms with Gasteiger partial charge in [-0.2, -0.15) is 0 Å². The van der Waals surface area contributed by atoms with Crippen molar-refractivity contribution in [2.75, 3.05) is 0 Å². The van der Waals surface area contributed by atoms with Crippen molar-refractivity contribution >= 4 is 5.97 Å². The summed E-state index contributed by atoms with van der Waals surface area (Å²) in [6, 6.07) is 2.51. The van der Waals surface area contributed by atoms with E-state index in [4.69, 9.17) is 0 Å². The molecule has 0 heterocycles. The zero-order valence-electron chi connectivity index (χ0n) is 10.3. The van der Waals surface area contributed by atoms with E-state index < -0.39 is 23.0 Å². The molecular weight excluding hydrogens is 238 g/mol. The maximum Gasteiger partial charge on any atom is 0.314 e. The molecule has 0 atom stereocenters. The first-order valence-corrected chi connectivity index (χ1v) is 6.17. The third-order valence-corrected chi connectivity index (χ3v) is 3.88. The summed E-state index contributed by atoms with van der Waals surface area (Å²) < 4.78 is 26.7. The van der Waals surface area contributed by atoms with Gasteiger partial charge in [-0.15, -0.1) is 0 Å². The molecule has 1 fully saturated rings. The molecule has 98 valence electrons. The monoisotopic (exact) mass is 254 g/mol. The Morgan fingerprint density at radius 3 is 2.33 bits per heavy atom. The average molecular weight is 254 g/mol. The first kappa shape index (κ1) is 13.0. The summed E-state index contributed by atoms with van der Waals surface area (Å²) in [5, 5.41) is 9.48. The predicted molar refractivity (Wildman–Crippen MR) is 63.5 cm³/mol. The van der Waals surface area contributed by atoms with E-state index in [1.165, 1.54) is 13.0 Å². The van der Waals surface area contributed by atoms with E-state index in [-0.39, 0.29) is 5.56 Å². The zero-order chi connectivity index (χ0) is 13.3. The minimum absolute atomic E-state index is 0.163. The van der Waals surface area contributed by atoms with E-state index in [2.05, 4.69) is 0 Å². The van der Waals surface area contributed by atoms with Gasteiger partial charge in [0.2, 0.25) is 0 Å². The minimum Gasteiger partial charge on any atom is -0.481 e. The summed E-state index contributed by atoms with van der Waals surface area (Å²) >= 11 is 0. The summed E-state index contributed by atoms with van der Waals surface area (Å²) in [7, 11) is 0. The summed E-state index contributed by atoms with van der Waals surface area (Å²) in [6.45, 7) is 1.46. The number of carboxylic acids is 1. The van der Waals surface area contributed by atoms with Crippen LogP contribution >= 0.6 is 0 Å². The van der Waals surface area contributed by atoms with Crippen molar-refractivity contribution in [1.29, 1.82) is 0 Å². The molecular formula is C14H16F2O2. The molecule has 2 nitrogen and oxygen atoms in total. The predicted octanol–water partition coefficient (Wildman–Crippen LogP) is 3.56. The SMILES string of the molecule is Cc1cc(C2(C(=O)O)CCCCC2)cc(F)c1F. The molecule has 4 heteroatoms. The Labute approximate surface area is 105 Å². The van der Waals surface area contributed by atoms with Gasteiger partial charge in [-0.25, -0.2) is 8.78 Å². The molecule has 18 heavy (non-hydrogen) atoms. The van der Waals surface area contributed by atoms with Crippen molar-refractivity contribution in [1.82, 2.24) is 0 Å². The van der Waals surface area contributed by atoms with E-state index in [1.54, 1.807) is 0 Å². The zero-order valence-corrected chi connectivity index (χ0v) is 10.3. The van der Waals surface area contributed by atoms with Crippen molar-refractivity contribution < 1.29 is 18.7 Å². The molecule has 0 aliphatic heterocycles. The number of benzene rings is 1. The molecule has 1 aliphatic carbocycles. The van der Waals surface area contributed by atoms with E-state index in [0.29, 0.717) is 18.4 Å². The van der Waals surface area contributed by atoms with Crippen molar-refractivity contribution in [3.05, 3.63) is 34.9 Å². The molecule has 0 amide bonds. The molecule has 0 saturated heterocycles. The van der Waals surface area contributed by atoms with Crippen molar-refractivity contribution in [3.8, 4) is 0 Å². The van der Waals surface area contributed by atoms with Gasteiger partial charge in [0, 0.05) is 0 Å². The van der Waals surface area contributed by atoms with Gasteiger partial charge in [0.1, 0.15) is 0 Å². The van der Waals surface area contributed by atoms with E-state index in [0.717, 1.165) is 25.3 Å². The Hall–Kier alpha value is -1.45. The Morgan fingerprint density at radius 2 is 1.83 bits per heavy atom. The van der Waals surface area contributed by atoms with Crippen LogP contribution in [0.25, 0.3) is 0 Å². The minimum atomic E-state index is -1.04. The topological polar surface area (TPSA) is 37.3 Å². The Kier molecular flexibility index (Phi) is 3.37. The Bertz CT molecular complexity index is 454. The van der Waals surface area contributed by atoms with Gasteiger partial charge in [-0.1, -0.05) is 25.3 Å². The average Bonchev–Trinajstić information content (AvgIpc) is 2.36. The molecule has 0 bridgehead atoms. The van der Waals surface area contributed by atoms with Crippen LogP contribution in [0.4, 0.5) is 8.78 Å². The van der Waals surface area contributed by atoms with Gasteiger partial charge < -0.3 is 5.11 Å². The van der Waals surface area contributed by atoms with Gasteiger partial charge in [-0.05, 0) is 37.0 Å². The lowest BCUT2D eigenvalue weighted by Crippen LogP contribution is -2.38. The number of carboxylic acid groups (broad SMARTS) is 1. The molecule has 1 aromatic rings. The van der Waals surface area contributed by atoms with E-state index in [9.17, 15) is 18.7 Å². The first-order valence-electron chi connectivity index (χ1n) is 6.17. The molecule has 0 unspecified atom stereocenters. The smallest absolute Gasteiger partial charge is 0.314 e. The second-order valence-electron chi connectivity index (χ2n) is 5.04. The van der Waals surface area contributed by atoms with Crippen LogP contribution < -0.4 is 0 Å². The summed E-state index contributed by atoms with van der Waals surface area (Å²) in [6.07, 6.45) is 3.60. The van der Waals surface area contributed by atoms with Gasteiger partial charge >= 0.3 is 5.97 Å². The van der Waals surface area contributed by atoms with E-state index >= 15 is 0 Å². The van der Waals surface area contributed by atoms with Gasteiger partial charge in [-0.3, -0.25) is 4.79 Å². The fourth-order valence-electron chi connectivity index (χ4n) is 2.78. The highest BCUT2D eigenvalue weighted by Crippen LogP contribution is 2.40. The van der Waals surface area contributed by atoms with Crippen molar-refractivity contribution in [2.24, 2.45) is 0 Å². The number of aryl methyl sites for hydroxylation is 1. The Morgan fingerprint density at radius 1 is 1.22 bits per heavy atom. The van der Waals surface area contributed by atoms with Crippen LogP contribution in [0.1, 0.15) is 43.2 Å². The van der Waals surface area contributed by atoms with Gasteiger partial charge in [0.25, 0.3) is 0 Å². The third kappa shape index (κ3) is 2.00. The van der Waals surface area contributed by atoms with Crippen LogP contribution in [0.3, 0.4) is 0 Å². The number of aliphatic carboxylic acids is 1. The summed E-state index contributed by atoms with van der Waals surface area (Å²) in [5.41, 5.74) is -0.486. The van der Waals surface area contributed by atoms with Crippen LogP contribution in [0, 0.1) is 18.6 Å². The van der Waals surface area contributed by atoms with Gasteiger partial charge in [0.15, 0.2) is 11.6 Å². The van der Waals surface area contributed by atoms with Crippen LogP contribution in [-0.2, 0) is 10.2 Å².